The minimum absolute atomic E-state index is 0.473. The zero-order valence-corrected chi connectivity index (χ0v) is 27.9. The first-order valence-corrected chi connectivity index (χ1v) is 18.1. The molecule has 8 nitrogen and oxygen atoms in total. The minimum atomic E-state index is -1.61. The van der Waals surface area contributed by atoms with Gasteiger partial charge >= 0.3 is 0 Å². The van der Waals surface area contributed by atoms with Crippen LogP contribution in [0.1, 0.15) is 72.2 Å². The maximum atomic E-state index is 11.9. The van der Waals surface area contributed by atoms with Crippen molar-refractivity contribution in [3.8, 4) is 21.4 Å². The molecule has 10 heteroatoms. The maximum absolute atomic E-state index is 11.9. The molecule has 0 aliphatic heterocycles. The SMILES string of the molecule is Cc1cc(NC2CCCC2)c2[nH]c(-c3ncc(C(O)(CO)c4cnc(-c5cc6cc(C)cc(NC7CCCC7)c6[nH]5)s4)s3)cc2c1. The number of aryl methyl sites for hydroxylation is 2. The Morgan fingerprint density at radius 3 is 1.57 bits per heavy atom. The molecule has 0 radical (unpaired) electrons. The third-order valence-corrected chi connectivity index (χ3v) is 12.1. The van der Waals surface area contributed by atoms with Crippen LogP contribution in [-0.2, 0) is 5.60 Å². The zero-order chi connectivity index (χ0) is 31.4. The molecule has 46 heavy (non-hydrogen) atoms. The molecule has 6 N–H and O–H groups in total. The molecule has 2 aliphatic carbocycles. The van der Waals surface area contributed by atoms with E-state index in [1.807, 2.05) is 0 Å². The molecule has 6 aromatic rings. The molecular formula is C36H40N6O2S2. The molecule has 4 heterocycles. The largest absolute Gasteiger partial charge is 0.393 e. The van der Waals surface area contributed by atoms with E-state index in [1.54, 1.807) is 12.4 Å². The molecule has 2 saturated carbocycles. The van der Waals surface area contributed by atoms with Crippen LogP contribution in [0.25, 0.3) is 43.2 Å². The van der Waals surface area contributed by atoms with E-state index < -0.39 is 12.2 Å². The summed E-state index contributed by atoms with van der Waals surface area (Å²) in [5.74, 6) is 0. The van der Waals surface area contributed by atoms with Gasteiger partial charge in [0.25, 0.3) is 0 Å². The van der Waals surface area contributed by atoms with Crippen LogP contribution in [0.15, 0.2) is 48.8 Å². The number of aromatic nitrogens is 4. The summed E-state index contributed by atoms with van der Waals surface area (Å²) in [6, 6.07) is 14.1. The van der Waals surface area contributed by atoms with Crippen molar-refractivity contribution in [1.29, 1.82) is 0 Å². The van der Waals surface area contributed by atoms with Crippen molar-refractivity contribution in [2.24, 2.45) is 0 Å². The van der Waals surface area contributed by atoms with Gasteiger partial charge in [-0.05, 0) is 87.1 Å². The van der Waals surface area contributed by atoms with Crippen molar-refractivity contribution in [2.45, 2.75) is 82.9 Å². The van der Waals surface area contributed by atoms with E-state index in [0.717, 1.165) is 54.6 Å². The molecule has 0 saturated heterocycles. The molecule has 238 valence electrons. The maximum Gasteiger partial charge on any atom is 0.159 e. The number of aromatic amines is 2. The predicted octanol–water partition coefficient (Wildman–Crippen LogP) is 8.45. The Bertz CT molecular complexity index is 1880. The third-order valence-electron chi connectivity index (χ3n) is 9.69. The molecule has 4 aromatic heterocycles. The number of aliphatic hydroxyl groups is 2. The van der Waals surface area contributed by atoms with Gasteiger partial charge in [0.2, 0.25) is 0 Å². The lowest BCUT2D eigenvalue weighted by Gasteiger charge is -2.22. The van der Waals surface area contributed by atoms with Gasteiger partial charge in [-0.1, -0.05) is 25.7 Å². The molecule has 2 fully saturated rings. The molecule has 2 aromatic carbocycles. The summed E-state index contributed by atoms with van der Waals surface area (Å²) in [6.07, 6.45) is 13.3. The Kier molecular flexibility index (Phi) is 7.63. The fourth-order valence-corrected chi connectivity index (χ4v) is 9.31. The number of aliphatic hydroxyl groups excluding tert-OH is 1. The number of hydrogen-bond acceptors (Lipinski definition) is 8. The number of fused-ring (bicyclic) bond motifs is 2. The average molecular weight is 653 g/mol. The van der Waals surface area contributed by atoms with E-state index in [2.05, 4.69) is 70.8 Å². The Balaban J connectivity index is 1.08. The van der Waals surface area contributed by atoms with Gasteiger partial charge in [0.15, 0.2) is 5.60 Å². The molecule has 0 amide bonds. The standard InChI is InChI=1S/C36H40N6O2S2/c1-20-11-22-15-28(41-32(22)26(13-20)39-24-7-3-4-8-24)34-37-17-30(45-34)36(44,19-43)31-18-38-35(46-31)29-16-23-12-21(2)14-27(33(23)42-29)40-25-9-5-6-10-25/h11-18,24-25,39-44H,3-10,19H2,1-2H3. The number of nitrogens with zero attached hydrogens (tertiary/aromatic N) is 2. The summed E-state index contributed by atoms with van der Waals surface area (Å²) in [5, 5.41) is 33.8. The van der Waals surface area contributed by atoms with Gasteiger partial charge in [-0.15, -0.1) is 22.7 Å². The summed E-state index contributed by atoms with van der Waals surface area (Å²) >= 11 is 2.78. The number of hydrogen-bond donors (Lipinski definition) is 6. The monoisotopic (exact) mass is 652 g/mol. The summed E-state index contributed by atoms with van der Waals surface area (Å²) in [7, 11) is 0. The van der Waals surface area contributed by atoms with Crippen molar-refractivity contribution in [3.05, 3.63) is 69.7 Å². The van der Waals surface area contributed by atoms with Crippen LogP contribution in [-0.4, -0.2) is 48.8 Å². The number of benzene rings is 2. The Morgan fingerprint density at radius 2 is 1.15 bits per heavy atom. The molecule has 0 atom stereocenters. The molecule has 0 bridgehead atoms. The zero-order valence-electron chi connectivity index (χ0n) is 26.2. The molecule has 0 spiro atoms. The lowest BCUT2D eigenvalue weighted by molar-refractivity contribution is 0.0230. The molecule has 2 aliphatic rings. The quantitative estimate of drug-likeness (QED) is 0.0932. The van der Waals surface area contributed by atoms with Crippen molar-refractivity contribution in [1.82, 2.24) is 19.9 Å². The highest BCUT2D eigenvalue weighted by molar-refractivity contribution is 7.16. The van der Waals surface area contributed by atoms with Crippen molar-refractivity contribution < 1.29 is 10.2 Å². The van der Waals surface area contributed by atoms with Crippen LogP contribution in [0.4, 0.5) is 11.4 Å². The van der Waals surface area contributed by atoms with Crippen LogP contribution in [0.5, 0.6) is 0 Å². The Morgan fingerprint density at radius 1 is 0.717 bits per heavy atom. The fraction of sp³-hybridized carbons (Fsp3) is 0.389. The smallest absolute Gasteiger partial charge is 0.159 e. The molecule has 8 rings (SSSR count). The van der Waals surface area contributed by atoms with E-state index in [9.17, 15) is 10.2 Å². The van der Waals surface area contributed by atoms with Gasteiger partial charge in [0.05, 0.1) is 50.2 Å². The first-order chi connectivity index (χ1) is 22.4. The highest BCUT2D eigenvalue weighted by atomic mass is 32.1. The van der Waals surface area contributed by atoms with Gasteiger partial charge in [-0.2, -0.15) is 0 Å². The number of thiazole rings is 2. The van der Waals surface area contributed by atoms with Crippen LogP contribution in [0.2, 0.25) is 0 Å². The summed E-state index contributed by atoms with van der Waals surface area (Å²) in [5.41, 5.74) is 7.00. The van der Waals surface area contributed by atoms with Crippen LogP contribution in [0, 0.1) is 13.8 Å². The minimum Gasteiger partial charge on any atom is -0.393 e. The van der Waals surface area contributed by atoms with Crippen molar-refractivity contribution >= 4 is 55.9 Å². The Hall–Kier alpha value is -3.70. The predicted molar refractivity (Wildman–Crippen MR) is 190 cm³/mol. The van der Waals surface area contributed by atoms with Gasteiger partial charge in [0, 0.05) is 35.2 Å². The number of H-pyrrole nitrogens is 2. The number of nitrogens with one attached hydrogen (secondary N) is 4. The van der Waals surface area contributed by atoms with Gasteiger partial charge in [-0.3, -0.25) is 0 Å². The van der Waals surface area contributed by atoms with Crippen molar-refractivity contribution in [3.63, 3.8) is 0 Å². The summed E-state index contributed by atoms with van der Waals surface area (Å²) < 4.78 is 0. The van der Waals surface area contributed by atoms with Crippen molar-refractivity contribution in [2.75, 3.05) is 17.2 Å². The van der Waals surface area contributed by atoms with Gasteiger partial charge < -0.3 is 30.8 Å². The fourth-order valence-electron chi connectivity index (χ4n) is 7.28. The van der Waals surface area contributed by atoms with E-state index in [-0.39, 0.29) is 0 Å². The third kappa shape index (κ3) is 5.41. The van der Waals surface area contributed by atoms with Gasteiger partial charge in [0.1, 0.15) is 10.0 Å². The van der Waals surface area contributed by atoms with Crippen LogP contribution < -0.4 is 10.6 Å². The number of anilines is 2. The molecule has 0 unspecified atom stereocenters. The van der Waals surface area contributed by atoms with E-state index in [0.29, 0.717) is 21.8 Å². The highest BCUT2D eigenvalue weighted by Gasteiger charge is 2.36. The molecular weight excluding hydrogens is 613 g/mol. The van der Waals surface area contributed by atoms with Gasteiger partial charge in [-0.25, -0.2) is 9.97 Å². The first-order valence-electron chi connectivity index (χ1n) is 16.4. The lowest BCUT2D eigenvalue weighted by Crippen LogP contribution is -2.29. The topological polar surface area (TPSA) is 122 Å². The second-order valence-corrected chi connectivity index (χ2v) is 15.3. The first kappa shape index (κ1) is 29.7. The van der Waals surface area contributed by atoms with E-state index >= 15 is 0 Å². The number of rotatable bonds is 9. The van der Waals surface area contributed by atoms with Crippen LogP contribution in [0.3, 0.4) is 0 Å². The van der Waals surface area contributed by atoms with E-state index in [1.165, 1.54) is 85.2 Å². The van der Waals surface area contributed by atoms with E-state index in [4.69, 9.17) is 9.97 Å². The normalized spacial score (nSPS) is 16.3. The second-order valence-electron chi connectivity index (χ2n) is 13.2. The summed E-state index contributed by atoms with van der Waals surface area (Å²) in [6.45, 7) is 3.78. The lowest BCUT2D eigenvalue weighted by atomic mass is 10.0. The van der Waals surface area contributed by atoms with Crippen LogP contribution >= 0.6 is 22.7 Å². The second kappa shape index (κ2) is 11.8. The average Bonchev–Trinajstić information content (AvgIpc) is 3.87. The highest BCUT2D eigenvalue weighted by Crippen LogP contribution is 2.42. The summed E-state index contributed by atoms with van der Waals surface area (Å²) in [4.78, 5) is 17.7. The Labute approximate surface area is 276 Å².